The van der Waals surface area contributed by atoms with Gasteiger partial charge in [0.15, 0.2) is 11.5 Å². The van der Waals surface area contributed by atoms with E-state index in [4.69, 9.17) is 14.2 Å². The molecule has 24 heavy (non-hydrogen) atoms. The Bertz CT molecular complexity index is 609. The molecular weight excluding hydrogens is 312 g/mol. The standard InChI is InChI=1S/C17H22N2O5/c1-4-24-7-5-6-19-17(21)13(11-18)8-12-9-14(22-2)16(20)15(10-12)23-3/h8-10,20H,4-7H2,1-3H3,(H,19,21)/b13-8+. The van der Waals surface area contributed by atoms with Gasteiger partial charge in [0.2, 0.25) is 5.75 Å². The first-order valence-corrected chi connectivity index (χ1v) is 7.50. The summed E-state index contributed by atoms with van der Waals surface area (Å²) in [4.78, 5) is 12.0. The first-order chi connectivity index (χ1) is 11.6. The number of ether oxygens (including phenoxy) is 3. The number of rotatable bonds is 9. The molecule has 1 rings (SSSR count). The number of phenolic OH excluding ortho intramolecular Hbond substituents is 1. The number of aromatic hydroxyl groups is 1. The van der Waals surface area contributed by atoms with Gasteiger partial charge in [0.25, 0.3) is 5.91 Å². The quantitative estimate of drug-likeness (QED) is 0.406. The van der Waals surface area contributed by atoms with Crippen molar-refractivity contribution in [1.29, 1.82) is 5.26 Å². The fourth-order valence-corrected chi connectivity index (χ4v) is 1.93. The predicted octanol–water partition coefficient (Wildman–Crippen LogP) is 1.86. The number of methoxy groups -OCH3 is 2. The van der Waals surface area contributed by atoms with Crippen molar-refractivity contribution in [3.63, 3.8) is 0 Å². The average Bonchev–Trinajstić information content (AvgIpc) is 2.60. The lowest BCUT2D eigenvalue weighted by molar-refractivity contribution is -0.117. The van der Waals surface area contributed by atoms with E-state index in [1.54, 1.807) is 0 Å². The number of nitriles is 1. The molecule has 0 saturated heterocycles. The molecule has 0 radical (unpaired) electrons. The highest BCUT2D eigenvalue weighted by atomic mass is 16.5. The van der Waals surface area contributed by atoms with Crippen LogP contribution in [0.1, 0.15) is 18.9 Å². The van der Waals surface area contributed by atoms with Crippen LogP contribution in [0.25, 0.3) is 6.08 Å². The van der Waals surface area contributed by atoms with Crippen LogP contribution in [0.4, 0.5) is 0 Å². The minimum atomic E-state index is -0.472. The smallest absolute Gasteiger partial charge is 0.261 e. The third-order valence-corrected chi connectivity index (χ3v) is 3.13. The van der Waals surface area contributed by atoms with Crippen molar-refractivity contribution < 1.29 is 24.1 Å². The van der Waals surface area contributed by atoms with E-state index >= 15 is 0 Å². The van der Waals surface area contributed by atoms with Crippen LogP contribution in [-0.4, -0.2) is 45.0 Å². The number of phenols is 1. The highest BCUT2D eigenvalue weighted by Gasteiger charge is 2.13. The largest absolute Gasteiger partial charge is 0.502 e. The Morgan fingerprint density at radius 3 is 2.46 bits per heavy atom. The summed E-state index contributed by atoms with van der Waals surface area (Å²) in [6.07, 6.45) is 2.07. The Balaban J connectivity index is 2.88. The van der Waals surface area contributed by atoms with Gasteiger partial charge in [-0.2, -0.15) is 5.26 Å². The molecule has 0 aliphatic carbocycles. The number of hydrogen-bond donors (Lipinski definition) is 2. The zero-order valence-electron chi connectivity index (χ0n) is 14.1. The second kappa shape index (κ2) is 10.1. The molecule has 1 amide bonds. The van der Waals surface area contributed by atoms with Crippen molar-refractivity contribution in [2.75, 3.05) is 34.0 Å². The molecule has 0 saturated carbocycles. The predicted molar refractivity (Wildman–Crippen MR) is 88.9 cm³/mol. The Labute approximate surface area is 141 Å². The topological polar surface area (TPSA) is 101 Å². The van der Waals surface area contributed by atoms with Crippen LogP contribution in [0.3, 0.4) is 0 Å². The zero-order valence-corrected chi connectivity index (χ0v) is 14.1. The van der Waals surface area contributed by atoms with Crippen LogP contribution >= 0.6 is 0 Å². The van der Waals surface area contributed by atoms with Crippen molar-refractivity contribution >= 4 is 12.0 Å². The van der Waals surface area contributed by atoms with Gasteiger partial charge in [-0.15, -0.1) is 0 Å². The van der Waals surface area contributed by atoms with Crippen LogP contribution in [0.5, 0.6) is 17.2 Å². The monoisotopic (exact) mass is 334 g/mol. The molecule has 0 bridgehead atoms. The van der Waals surface area contributed by atoms with Gasteiger partial charge in [-0.05, 0) is 37.1 Å². The minimum absolute atomic E-state index is 0.0544. The van der Waals surface area contributed by atoms with Gasteiger partial charge in [-0.1, -0.05) is 0 Å². The average molecular weight is 334 g/mol. The molecule has 0 fully saturated rings. The summed E-state index contributed by atoms with van der Waals surface area (Å²) in [6, 6.07) is 4.89. The molecule has 2 N–H and O–H groups in total. The molecule has 7 nitrogen and oxygen atoms in total. The molecule has 130 valence electrons. The fourth-order valence-electron chi connectivity index (χ4n) is 1.93. The molecule has 0 aliphatic heterocycles. The maximum Gasteiger partial charge on any atom is 0.261 e. The highest BCUT2D eigenvalue weighted by Crippen LogP contribution is 2.37. The molecule has 1 aromatic rings. The van der Waals surface area contributed by atoms with Gasteiger partial charge in [0, 0.05) is 19.8 Å². The third kappa shape index (κ3) is 5.48. The van der Waals surface area contributed by atoms with E-state index in [2.05, 4.69) is 5.32 Å². The SMILES string of the molecule is CCOCCCNC(=O)/C(C#N)=C/c1cc(OC)c(O)c(OC)c1. The number of hydrogen-bond acceptors (Lipinski definition) is 6. The van der Waals surface area contributed by atoms with Crippen LogP contribution in [0.2, 0.25) is 0 Å². The molecule has 0 aromatic heterocycles. The molecular formula is C17H22N2O5. The molecule has 0 atom stereocenters. The summed E-state index contributed by atoms with van der Waals surface area (Å²) in [6.45, 7) is 3.49. The third-order valence-electron chi connectivity index (χ3n) is 3.13. The summed E-state index contributed by atoms with van der Waals surface area (Å²) >= 11 is 0. The number of nitrogens with one attached hydrogen (secondary N) is 1. The van der Waals surface area contributed by atoms with E-state index in [0.717, 1.165) is 0 Å². The maximum absolute atomic E-state index is 12.0. The summed E-state index contributed by atoms with van der Waals surface area (Å²) in [5.41, 5.74) is 0.448. The Hall–Kier alpha value is -2.72. The lowest BCUT2D eigenvalue weighted by Gasteiger charge is -2.10. The molecule has 0 unspecified atom stereocenters. The van der Waals surface area contributed by atoms with Gasteiger partial charge in [0.05, 0.1) is 14.2 Å². The molecule has 1 aromatic carbocycles. The number of carbonyl (C=O) groups is 1. The molecule has 0 spiro atoms. The second-order valence-corrected chi connectivity index (χ2v) is 4.75. The van der Waals surface area contributed by atoms with E-state index in [1.165, 1.54) is 32.4 Å². The molecule has 0 aliphatic rings. The van der Waals surface area contributed by atoms with Gasteiger partial charge in [-0.3, -0.25) is 4.79 Å². The van der Waals surface area contributed by atoms with Gasteiger partial charge < -0.3 is 24.6 Å². The lowest BCUT2D eigenvalue weighted by atomic mass is 10.1. The van der Waals surface area contributed by atoms with Crippen molar-refractivity contribution in [3.05, 3.63) is 23.3 Å². The first kappa shape index (κ1) is 19.3. The number of amides is 1. The van der Waals surface area contributed by atoms with Crippen molar-refractivity contribution in [2.24, 2.45) is 0 Å². The van der Waals surface area contributed by atoms with E-state index in [0.29, 0.717) is 31.7 Å². The number of nitrogens with zero attached hydrogens (tertiary/aromatic N) is 1. The van der Waals surface area contributed by atoms with E-state index in [9.17, 15) is 15.2 Å². The van der Waals surface area contributed by atoms with Crippen molar-refractivity contribution in [1.82, 2.24) is 5.32 Å². The minimum Gasteiger partial charge on any atom is -0.502 e. The normalized spacial score (nSPS) is 10.8. The molecule has 7 heteroatoms. The van der Waals surface area contributed by atoms with Crippen LogP contribution in [0, 0.1) is 11.3 Å². The second-order valence-electron chi connectivity index (χ2n) is 4.75. The summed E-state index contributed by atoms with van der Waals surface area (Å²) in [5, 5.41) is 21.7. The summed E-state index contributed by atoms with van der Waals surface area (Å²) in [7, 11) is 2.80. The Kier molecular flexibility index (Phi) is 8.16. The Morgan fingerprint density at radius 2 is 1.96 bits per heavy atom. The maximum atomic E-state index is 12.0. The first-order valence-electron chi connectivity index (χ1n) is 7.50. The van der Waals surface area contributed by atoms with E-state index in [-0.39, 0.29) is 22.8 Å². The molecule has 0 heterocycles. The summed E-state index contributed by atoms with van der Waals surface area (Å²) < 4.78 is 15.3. The van der Waals surface area contributed by atoms with Crippen LogP contribution in [0.15, 0.2) is 17.7 Å². The van der Waals surface area contributed by atoms with Gasteiger partial charge >= 0.3 is 0 Å². The van der Waals surface area contributed by atoms with E-state index in [1.807, 2.05) is 13.0 Å². The fraction of sp³-hybridized carbons (Fsp3) is 0.412. The van der Waals surface area contributed by atoms with E-state index < -0.39 is 5.91 Å². The Morgan fingerprint density at radius 1 is 1.33 bits per heavy atom. The van der Waals surface area contributed by atoms with Crippen LogP contribution < -0.4 is 14.8 Å². The number of carbonyl (C=O) groups excluding carboxylic acids is 1. The zero-order chi connectivity index (χ0) is 17.9. The van der Waals surface area contributed by atoms with Gasteiger partial charge in [0.1, 0.15) is 11.6 Å². The van der Waals surface area contributed by atoms with Gasteiger partial charge in [-0.25, -0.2) is 0 Å². The number of benzene rings is 1. The summed E-state index contributed by atoms with van der Waals surface area (Å²) in [5.74, 6) is -0.235. The van der Waals surface area contributed by atoms with Crippen molar-refractivity contribution in [2.45, 2.75) is 13.3 Å². The highest BCUT2D eigenvalue weighted by molar-refractivity contribution is 6.01. The van der Waals surface area contributed by atoms with Crippen molar-refractivity contribution in [3.8, 4) is 23.3 Å². The lowest BCUT2D eigenvalue weighted by Crippen LogP contribution is -2.26. The van der Waals surface area contributed by atoms with Crippen LogP contribution in [-0.2, 0) is 9.53 Å².